The average Bonchev–Trinajstić information content (AvgIpc) is 3.45. The van der Waals surface area contributed by atoms with E-state index in [4.69, 9.17) is 11.6 Å². The highest BCUT2D eigenvalue weighted by Gasteiger charge is 2.27. The molecule has 5 rings (SSSR count). The van der Waals surface area contributed by atoms with E-state index in [1.807, 2.05) is 30.3 Å². The fourth-order valence-corrected chi connectivity index (χ4v) is 5.18. The van der Waals surface area contributed by atoms with Crippen molar-refractivity contribution in [3.63, 3.8) is 0 Å². The Hall–Kier alpha value is -3.87. The number of thiophene rings is 1. The van der Waals surface area contributed by atoms with Crippen molar-refractivity contribution in [3.8, 4) is 5.88 Å². The number of aromatic hydroxyl groups is 1. The molecule has 2 aromatic heterocycles. The van der Waals surface area contributed by atoms with Gasteiger partial charge >= 0.3 is 6.03 Å². The quantitative estimate of drug-likeness (QED) is 0.243. The Morgan fingerprint density at radius 1 is 0.886 bits per heavy atom. The van der Waals surface area contributed by atoms with Crippen LogP contribution >= 0.6 is 22.9 Å². The lowest BCUT2D eigenvalue weighted by Gasteiger charge is -2.08. The van der Waals surface area contributed by atoms with Crippen molar-refractivity contribution in [1.82, 2.24) is 4.57 Å². The highest BCUT2D eigenvalue weighted by molar-refractivity contribution is 7.14. The van der Waals surface area contributed by atoms with Crippen LogP contribution in [0.4, 0.5) is 10.5 Å². The SMILES string of the molecule is O=C(c1ccc(CCc2ccccc2)s1)c1c(O)n(C(=O)Nc2ccccc2)c2ccc(Cl)cc12. The number of halogens is 1. The minimum Gasteiger partial charge on any atom is -0.494 e. The number of fused-ring (bicyclic) bond motifs is 1. The van der Waals surface area contributed by atoms with Crippen LogP contribution in [-0.2, 0) is 12.8 Å². The van der Waals surface area contributed by atoms with Crippen molar-refractivity contribution in [1.29, 1.82) is 0 Å². The van der Waals surface area contributed by atoms with Crippen molar-refractivity contribution in [2.75, 3.05) is 5.32 Å². The zero-order valence-corrected chi connectivity index (χ0v) is 20.1. The Morgan fingerprint density at radius 3 is 2.34 bits per heavy atom. The van der Waals surface area contributed by atoms with Gasteiger partial charge in [0.25, 0.3) is 0 Å². The summed E-state index contributed by atoms with van der Waals surface area (Å²) in [6.45, 7) is 0. The van der Waals surface area contributed by atoms with Crippen molar-refractivity contribution in [3.05, 3.63) is 117 Å². The molecule has 5 nitrogen and oxygen atoms in total. The topological polar surface area (TPSA) is 71.3 Å². The van der Waals surface area contributed by atoms with E-state index < -0.39 is 11.9 Å². The predicted molar refractivity (Wildman–Crippen MR) is 141 cm³/mol. The molecule has 0 bridgehead atoms. The number of carbonyl (C=O) groups is 2. The fourth-order valence-electron chi connectivity index (χ4n) is 4.05. The van der Waals surface area contributed by atoms with Gasteiger partial charge in [0.15, 0.2) is 0 Å². The summed E-state index contributed by atoms with van der Waals surface area (Å²) in [6, 6.07) is 27.1. The molecule has 2 N–H and O–H groups in total. The lowest BCUT2D eigenvalue weighted by Crippen LogP contribution is -2.19. The molecule has 174 valence electrons. The third kappa shape index (κ3) is 4.71. The van der Waals surface area contributed by atoms with E-state index in [1.165, 1.54) is 16.9 Å². The normalized spacial score (nSPS) is 11.0. The molecule has 0 aliphatic heterocycles. The van der Waals surface area contributed by atoms with Gasteiger partial charge < -0.3 is 10.4 Å². The van der Waals surface area contributed by atoms with Crippen LogP contribution in [0.15, 0.2) is 91.0 Å². The monoisotopic (exact) mass is 500 g/mol. The van der Waals surface area contributed by atoms with Gasteiger partial charge in [0.05, 0.1) is 16.0 Å². The molecule has 5 aromatic rings. The van der Waals surface area contributed by atoms with E-state index in [1.54, 1.807) is 48.5 Å². The lowest BCUT2D eigenvalue weighted by molar-refractivity contribution is 0.104. The van der Waals surface area contributed by atoms with Crippen molar-refractivity contribution in [2.45, 2.75) is 12.8 Å². The van der Waals surface area contributed by atoms with Crippen molar-refractivity contribution < 1.29 is 14.7 Å². The van der Waals surface area contributed by atoms with Gasteiger partial charge in [-0.2, -0.15) is 0 Å². The van der Waals surface area contributed by atoms with Crippen LogP contribution < -0.4 is 5.32 Å². The lowest BCUT2D eigenvalue weighted by atomic mass is 10.1. The first-order valence-electron chi connectivity index (χ1n) is 11.1. The number of aromatic nitrogens is 1. The van der Waals surface area contributed by atoms with Crippen LogP contribution in [0.5, 0.6) is 5.88 Å². The van der Waals surface area contributed by atoms with Gasteiger partial charge in [-0.15, -0.1) is 11.3 Å². The van der Waals surface area contributed by atoms with Gasteiger partial charge in [-0.05, 0) is 60.9 Å². The zero-order chi connectivity index (χ0) is 24.4. The number of ketones is 1. The maximum Gasteiger partial charge on any atom is 0.333 e. The molecule has 0 atom stereocenters. The number of nitrogens with zero attached hydrogens (tertiary/aromatic N) is 1. The Bertz CT molecular complexity index is 1520. The second kappa shape index (κ2) is 9.78. The Labute approximate surface area is 211 Å². The summed E-state index contributed by atoms with van der Waals surface area (Å²) in [5.74, 6) is -0.767. The molecule has 2 heterocycles. The third-order valence-electron chi connectivity index (χ3n) is 5.75. The summed E-state index contributed by atoms with van der Waals surface area (Å²) in [5, 5.41) is 14.7. The molecule has 0 spiro atoms. The second-order valence-electron chi connectivity index (χ2n) is 8.07. The molecule has 0 aliphatic carbocycles. The molecule has 0 fully saturated rings. The first-order valence-corrected chi connectivity index (χ1v) is 12.3. The van der Waals surface area contributed by atoms with Crippen LogP contribution in [0.2, 0.25) is 5.02 Å². The molecule has 0 radical (unpaired) electrons. The number of hydrogen-bond acceptors (Lipinski definition) is 4. The molecule has 0 saturated carbocycles. The average molecular weight is 501 g/mol. The number of hydrogen-bond donors (Lipinski definition) is 2. The summed E-state index contributed by atoms with van der Waals surface area (Å²) in [4.78, 5) is 28.2. The van der Waals surface area contributed by atoms with Gasteiger partial charge in [0.2, 0.25) is 11.7 Å². The van der Waals surface area contributed by atoms with Gasteiger partial charge in [0.1, 0.15) is 0 Å². The molecule has 0 unspecified atom stereocenters. The molecule has 35 heavy (non-hydrogen) atoms. The summed E-state index contributed by atoms with van der Waals surface area (Å²) in [6.07, 6.45) is 1.68. The van der Waals surface area contributed by atoms with Crippen LogP contribution in [0.25, 0.3) is 10.9 Å². The number of benzene rings is 3. The first-order chi connectivity index (χ1) is 17.0. The molecule has 1 amide bonds. The van der Waals surface area contributed by atoms with Gasteiger partial charge in [-0.25, -0.2) is 9.36 Å². The maximum absolute atomic E-state index is 13.5. The van der Waals surface area contributed by atoms with Crippen molar-refractivity contribution >= 4 is 51.3 Å². The third-order valence-corrected chi connectivity index (χ3v) is 7.13. The molecular weight excluding hydrogens is 480 g/mol. The van der Waals surface area contributed by atoms with Crippen LogP contribution in [0.3, 0.4) is 0 Å². The minimum absolute atomic E-state index is 0.0576. The second-order valence-corrected chi connectivity index (χ2v) is 9.68. The summed E-state index contributed by atoms with van der Waals surface area (Å²) in [5.41, 5.74) is 2.25. The maximum atomic E-state index is 13.5. The number of anilines is 1. The van der Waals surface area contributed by atoms with E-state index in [2.05, 4.69) is 17.4 Å². The number of amides is 1. The molecule has 0 saturated heterocycles. The zero-order valence-electron chi connectivity index (χ0n) is 18.6. The van der Waals surface area contributed by atoms with E-state index in [0.717, 1.165) is 22.3 Å². The number of nitrogens with one attached hydrogen (secondary N) is 1. The van der Waals surface area contributed by atoms with E-state index in [9.17, 15) is 14.7 Å². The Balaban J connectivity index is 1.48. The van der Waals surface area contributed by atoms with E-state index >= 15 is 0 Å². The van der Waals surface area contributed by atoms with E-state index in [-0.39, 0.29) is 11.3 Å². The standard InChI is InChI=1S/C28H21ClN2O3S/c29-19-12-15-23-22(17-19)25(27(33)31(23)28(34)30-20-9-5-2-6-10-20)26(32)24-16-14-21(35-24)13-11-18-7-3-1-4-8-18/h1-10,12,14-17,33H,11,13H2,(H,30,34). The van der Waals surface area contributed by atoms with Gasteiger partial charge in [-0.1, -0.05) is 60.1 Å². The Morgan fingerprint density at radius 2 is 1.60 bits per heavy atom. The number of rotatable bonds is 6. The number of aryl methyl sites for hydroxylation is 2. The highest BCUT2D eigenvalue weighted by atomic mass is 35.5. The highest BCUT2D eigenvalue weighted by Crippen LogP contribution is 2.36. The molecule has 7 heteroatoms. The van der Waals surface area contributed by atoms with Crippen LogP contribution in [0.1, 0.15) is 25.7 Å². The van der Waals surface area contributed by atoms with Gasteiger partial charge in [0, 0.05) is 21.0 Å². The van der Waals surface area contributed by atoms with Crippen molar-refractivity contribution in [2.24, 2.45) is 0 Å². The first kappa shape index (κ1) is 22.9. The molecule has 3 aromatic carbocycles. The fraction of sp³-hybridized carbons (Fsp3) is 0.0714. The Kier molecular flexibility index (Phi) is 6.40. The largest absolute Gasteiger partial charge is 0.494 e. The smallest absolute Gasteiger partial charge is 0.333 e. The summed E-state index contributed by atoms with van der Waals surface area (Å²) in [7, 11) is 0. The minimum atomic E-state index is -0.574. The van der Waals surface area contributed by atoms with E-state index in [0.29, 0.717) is 26.5 Å². The summed E-state index contributed by atoms with van der Waals surface area (Å²) >= 11 is 7.61. The molecular formula is C28H21ClN2O3S. The number of carbonyl (C=O) groups excluding carboxylic acids is 2. The van der Waals surface area contributed by atoms with Crippen LogP contribution in [0, 0.1) is 0 Å². The molecule has 0 aliphatic rings. The van der Waals surface area contributed by atoms with Gasteiger partial charge in [-0.3, -0.25) is 4.79 Å². The predicted octanol–water partition coefficient (Wildman–Crippen LogP) is 7.16. The van der Waals surface area contributed by atoms with Crippen LogP contribution in [-0.4, -0.2) is 21.5 Å². The summed E-state index contributed by atoms with van der Waals surface area (Å²) < 4.78 is 1.11. The number of para-hydroxylation sites is 1.